The van der Waals surface area contributed by atoms with E-state index in [-0.39, 0.29) is 6.04 Å². The molecule has 0 radical (unpaired) electrons. The van der Waals surface area contributed by atoms with Crippen molar-refractivity contribution in [3.63, 3.8) is 0 Å². The summed E-state index contributed by atoms with van der Waals surface area (Å²) >= 11 is 1.46. The summed E-state index contributed by atoms with van der Waals surface area (Å²) < 4.78 is 4.09. The van der Waals surface area contributed by atoms with Gasteiger partial charge in [-0.3, -0.25) is 4.98 Å². The Morgan fingerprint density at radius 2 is 2.06 bits per heavy atom. The van der Waals surface area contributed by atoms with Crippen molar-refractivity contribution < 1.29 is 0 Å². The summed E-state index contributed by atoms with van der Waals surface area (Å²) in [6.07, 6.45) is 3.77. The normalized spacial score (nSPS) is 12.9. The Kier molecular flexibility index (Phi) is 4.04. The van der Waals surface area contributed by atoms with Gasteiger partial charge in [-0.05, 0) is 42.5 Å². The van der Waals surface area contributed by atoms with Crippen LogP contribution >= 0.6 is 11.5 Å². The van der Waals surface area contributed by atoms with Crippen molar-refractivity contribution in [2.75, 3.05) is 7.05 Å². The van der Waals surface area contributed by atoms with E-state index < -0.39 is 0 Å². The van der Waals surface area contributed by atoms with E-state index in [2.05, 4.69) is 46.7 Å². The standard InChI is InChI=1S/C13H18N4S/c1-8(2)11-13(18-17-16-11)12(14-4)10-5-9(3)6-15-7-10/h5-8,12,14H,1-4H3. The van der Waals surface area contributed by atoms with E-state index in [9.17, 15) is 0 Å². The van der Waals surface area contributed by atoms with Crippen LogP contribution in [0.15, 0.2) is 18.5 Å². The summed E-state index contributed by atoms with van der Waals surface area (Å²) in [5, 5.41) is 7.57. The SMILES string of the molecule is CNC(c1cncc(C)c1)c1snnc1C(C)C. The van der Waals surface area contributed by atoms with E-state index in [1.54, 1.807) is 0 Å². The molecular weight excluding hydrogens is 244 g/mol. The highest BCUT2D eigenvalue weighted by Gasteiger charge is 2.21. The molecule has 0 fully saturated rings. The van der Waals surface area contributed by atoms with E-state index >= 15 is 0 Å². The quantitative estimate of drug-likeness (QED) is 0.920. The number of hydrogen-bond acceptors (Lipinski definition) is 5. The number of aromatic nitrogens is 3. The van der Waals surface area contributed by atoms with Gasteiger partial charge in [0.1, 0.15) is 0 Å². The van der Waals surface area contributed by atoms with Crippen LogP contribution in [0.5, 0.6) is 0 Å². The van der Waals surface area contributed by atoms with E-state index in [4.69, 9.17) is 0 Å². The molecule has 0 aliphatic heterocycles. The Morgan fingerprint density at radius 3 is 2.67 bits per heavy atom. The molecule has 4 nitrogen and oxygen atoms in total. The fourth-order valence-corrected chi connectivity index (χ4v) is 2.94. The first-order valence-electron chi connectivity index (χ1n) is 6.04. The summed E-state index contributed by atoms with van der Waals surface area (Å²) in [6.45, 7) is 6.33. The zero-order valence-corrected chi connectivity index (χ0v) is 12.0. The third-order valence-corrected chi connectivity index (χ3v) is 3.67. The van der Waals surface area contributed by atoms with Crippen molar-refractivity contribution in [1.29, 1.82) is 0 Å². The van der Waals surface area contributed by atoms with Crippen molar-refractivity contribution in [2.45, 2.75) is 32.7 Å². The maximum Gasteiger partial charge on any atom is 0.0832 e. The number of hydrogen-bond donors (Lipinski definition) is 1. The van der Waals surface area contributed by atoms with E-state index in [0.29, 0.717) is 5.92 Å². The molecule has 0 saturated carbocycles. The molecule has 0 spiro atoms. The first-order valence-corrected chi connectivity index (χ1v) is 6.81. The van der Waals surface area contributed by atoms with Crippen LogP contribution in [0.3, 0.4) is 0 Å². The molecule has 18 heavy (non-hydrogen) atoms. The van der Waals surface area contributed by atoms with Gasteiger partial charge in [-0.2, -0.15) is 0 Å². The molecular formula is C13H18N4S. The molecule has 96 valence electrons. The minimum absolute atomic E-state index is 0.120. The Morgan fingerprint density at radius 1 is 1.28 bits per heavy atom. The molecule has 1 atom stereocenters. The molecule has 0 saturated heterocycles. The van der Waals surface area contributed by atoms with Crippen molar-refractivity contribution in [2.24, 2.45) is 0 Å². The lowest BCUT2D eigenvalue weighted by Gasteiger charge is -2.16. The maximum absolute atomic E-state index is 4.26. The van der Waals surface area contributed by atoms with Crippen LogP contribution in [-0.4, -0.2) is 21.6 Å². The fourth-order valence-electron chi connectivity index (χ4n) is 1.99. The van der Waals surface area contributed by atoms with Gasteiger partial charge < -0.3 is 5.32 Å². The van der Waals surface area contributed by atoms with Crippen LogP contribution in [0.2, 0.25) is 0 Å². The number of pyridine rings is 1. The molecule has 0 aliphatic rings. The van der Waals surface area contributed by atoms with Crippen molar-refractivity contribution in [1.82, 2.24) is 19.9 Å². The number of rotatable bonds is 4. The maximum atomic E-state index is 4.26. The molecule has 1 N–H and O–H groups in total. The summed E-state index contributed by atoms with van der Waals surface area (Å²) in [6, 6.07) is 2.27. The van der Waals surface area contributed by atoms with Crippen molar-refractivity contribution in [3.8, 4) is 0 Å². The van der Waals surface area contributed by atoms with Crippen LogP contribution < -0.4 is 5.32 Å². The average molecular weight is 262 g/mol. The van der Waals surface area contributed by atoms with Gasteiger partial charge in [-0.15, -0.1) is 5.10 Å². The van der Waals surface area contributed by atoms with Gasteiger partial charge in [0.15, 0.2) is 0 Å². The largest absolute Gasteiger partial charge is 0.309 e. The highest BCUT2D eigenvalue weighted by Crippen LogP contribution is 2.30. The second kappa shape index (κ2) is 5.54. The van der Waals surface area contributed by atoms with Crippen LogP contribution in [0.4, 0.5) is 0 Å². The van der Waals surface area contributed by atoms with Crippen LogP contribution in [0, 0.1) is 6.92 Å². The molecule has 2 heterocycles. The molecule has 0 aromatic carbocycles. The predicted molar refractivity (Wildman–Crippen MR) is 73.9 cm³/mol. The van der Waals surface area contributed by atoms with Crippen LogP contribution in [-0.2, 0) is 0 Å². The monoisotopic (exact) mass is 262 g/mol. The van der Waals surface area contributed by atoms with Gasteiger partial charge in [-0.25, -0.2) is 0 Å². The van der Waals surface area contributed by atoms with Crippen molar-refractivity contribution in [3.05, 3.63) is 40.2 Å². The van der Waals surface area contributed by atoms with Crippen LogP contribution in [0.1, 0.15) is 47.5 Å². The molecule has 5 heteroatoms. The van der Waals surface area contributed by atoms with Gasteiger partial charge in [0.2, 0.25) is 0 Å². The summed E-state index contributed by atoms with van der Waals surface area (Å²) in [7, 11) is 1.96. The Hall–Kier alpha value is -1.33. The fraction of sp³-hybridized carbons (Fsp3) is 0.462. The molecule has 2 aromatic rings. The Balaban J connectivity index is 2.42. The zero-order chi connectivity index (χ0) is 13.1. The molecule has 2 aromatic heterocycles. The zero-order valence-electron chi connectivity index (χ0n) is 11.1. The first kappa shape index (κ1) is 13.1. The van der Waals surface area contributed by atoms with Gasteiger partial charge >= 0.3 is 0 Å². The lowest BCUT2D eigenvalue weighted by molar-refractivity contribution is 0.675. The minimum Gasteiger partial charge on any atom is -0.309 e. The van der Waals surface area contributed by atoms with Crippen LogP contribution in [0.25, 0.3) is 0 Å². The molecule has 2 rings (SSSR count). The van der Waals surface area contributed by atoms with Gasteiger partial charge in [0, 0.05) is 12.4 Å². The third kappa shape index (κ3) is 2.57. The molecule has 0 bridgehead atoms. The summed E-state index contributed by atoms with van der Waals surface area (Å²) in [5.41, 5.74) is 3.39. The van der Waals surface area contributed by atoms with E-state index in [1.807, 2.05) is 19.4 Å². The van der Waals surface area contributed by atoms with E-state index in [0.717, 1.165) is 16.8 Å². The van der Waals surface area contributed by atoms with Gasteiger partial charge in [-0.1, -0.05) is 24.4 Å². The Bertz CT molecular complexity index is 521. The molecule has 0 amide bonds. The molecule has 0 aliphatic carbocycles. The first-order chi connectivity index (χ1) is 8.63. The second-order valence-electron chi connectivity index (χ2n) is 4.69. The smallest absolute Gasteiger partial charge is 0.0832 e. The van der Waals surface area contributed by atoms with Crippen molar-refractivity contribution >= 4 is 11.5 Å². The molecule has 1 unspecified atom stereocenters. The van der Waals surface area contributed by atoms with E-state index in [1.165, 1.54) is 16.4 Å². The topological polar surface area (TPSA) is 50.7 Å². The minimum atomic E-state index is 0.120. The lowest BCUT2D eigenvalue weighted by atomic mass is 10.0. The number of nitrogens with zero attached hydrogens (tertiary/aromatic N) is 3. The highest BCUT2D eigenvalue weighted by atomic mass is 32.1. The predicted octanol–water partition coefficient (Wildman–Crippen LogP) is 2.67. The average Bonchev–Trinajstić information content (AvgIpc) is 2.79. The Labute approximate surface area is 112 Å². The third-order valence-electron chi connectivity index (χ3n) is 2.87. The second-order valence-corrected chi connectivity index (χ2v) is 5.48. The summed E-state index contributed by atoms with van der Waals surface area (Å²) in [5.74, 6) is 0.382. The van der Waals surface area contributed by atoms with Gasteiger partial charge in [0.05, 0.1) is 16.6 Å². The highest BCUT2D eigenvalue weighted by molar-refractivity contribution is 7.05. The number of nitrogens with one attached hydrogen (secondary N) is 1. The number of aryl methyl sites for hydroxylation is 1. The van der Waals surface area contributed by atoms with Gasteiger partial charge in [0.25, 0.3) is 0 Å². The lowest BCUT2D eigenvalue weighted by Crippen LogP contribution is -2.18. The summed E-state index contributed by atoms with van der Waals surface area (Å²) in [4.78, 5) is 5.44.